The highest BCUT2D eigenvalue weighted by atomic mass is 15.3. The van der Waals surface area contributed by atoms with Crippen LogP contribution in [0, 0.1) is 0 Å². The number of nitrogens with zero attached hydrogens (tertiary/aromatic N) is 4. The number of aromatic nitrogens is 4. The summed E-state index contributed by atoms with van der Waals surface area (Å²) in [6.07, 6.45) is 6.97. The highest BCUT2D eigenvalue weighted by Gasteiger charge is 2.07. The molecule has 2 aromatic heterocycles. The standard InChI is InChI=1S/C13H21N5/c1-4-11(2)18-7-5-12(16-18)10-17-8-6-15-13(17)9-14-3/h5-8,11,14H,4,9-10H2,1-3H3. The van der Waals surface area contributed by atoms with E-state index in [2.05, 4.69) is 46.1 Å². The number of imidazole rings is 1. The molecule has 5 nitrogen and oxygen atoms in total. The average Bonchev–Trinajstić information content (AvgIpc) is 3.00. The number of nitrogens with one attached hydrogen (secondary N) is 1. The molecule has 98 valence electrons. The first-order valence-corrected chi connectivity index (χ1v) is 6.43. The molecule has 0 amide bonds. The van der Waals surface area contributed by atoms with Gasteiger partial charge >= 0.3 is 0 Å². The second-order valence-electron chi connectivity index (χ2n) is 4.55. The van der Waals surface area contributed by atoms with Crippen LogP contribution in [0.25, 0.3) is 0 Å². The summed E-state index contributed by atoms with van der Waals surface area (Å²) in [6.45, 7) is 5.91. The summed E-state index contributed by atoms with van der Waals surface area (Å²) < 4.78 is 4.16. The fraction of sp³-hybridized carbons (Fsp3) is 0.538. The molecule has 0 saturated carbocycles. The van der Waals surface area contributed by atoms with E-state index in [0.717, 1.165) is 31.0 Å². The summed E-state index contributed by atoms with van der Waals surface area (Å²) in [7, 11) is 1.93. The van der Waals surface area contributed by atoms with Crippen LogP contribution in [0.15, 0.2) is 24.7 Å². The molecule has 0 aromatic carbocycles. The molecule has 1 atom stereocenters. The average molecular weight is 247 g/mol. The predicted octanol–water partition coefficient (Wildman–Crippen LogP) is 1.82. The highest BCUT2D eigenvalue weighted by Crippen LogP contribution is 2.10. The summed E-state index contributed by atoms with van der Waals surface area (Å²) in [5.74, 6) is 1.04. The van der Waals surface area contributed by atoms with E-state index in [1.165, 1.54) is 0 Å². The van der Waals surface area contributed by atoms with Crippen LogP contribution in [0.4, 0.5) is 0 Å². The van der Waals surface area contributed by atoms with Gasteiger partial charge in [-0.3, -0.25) is 4.68 Å². The molecule has 0 fully saturated rings. The summed E-state index contributed by atoms with van der Waals surface area (Å²) >= 11 is 0. The molecule has 0 radical (unpaired) electrons. The van der Waals surface area contributed by atoms with Crippen molar-refractivity contribution in [3.05, 3.63) is 36.2 Å². The van der Waals surface area contributed by atoms with Gasteiger partial charge in [-0.2, -0.15) is 5.10 Å². The Morgan fingerprint density at radius 1 is 1.39 bits per heavy atom. The molecule has 0 aliphatic carbocycles. The van der Waals surface area contributed by atoms with Crippen molar-refractivity contribution >= 4 is 0 Å². The molecule has 2 rings (SSSR count). The van der Waals surface area contributed by atoms with Crippen molar-refractivity contribution in [1.82, 2.24) is 24.6 Å². The number of hydrogen-bond donors (Lipinski definition) is 1. The summed E-state index contributed by atoms with van der Waals surface area (Å²) in [5.41, 5.74) is 1.07. The van der Waals surface area contributed by atoms with E-state index < -0.39 is 0 Å². The fourth-order valence-corrected chi connectivity index (χ4v) is 1.88. The van der Waals surface area contributed by atoms with Gasteiger partial charge in [0, 0.05) is 24.6 Å². The van der Waals surface area contributed by atoms with E-state index in [-0.39, 0.29) is 0 Å². The van der Waals surface area contributed by atoms with Gasteiger partial charge in [0.05, 0.1) is 18.8 Å². The Labute approximate surface area is 108 Å². The van der Waals surface area contributed by atoms with Gasteiger partial charge in [-0.05, 0) is 26.5 Å². The molecule has 5 heteroatoms. The minimum Gasteiger partial charge on any atom is -0.328 e. The Balaban J connectivity index is 2.09. The molecule has 0 aliphatic heterocycles. The molecule has 1 N–H and O–H groups in total. The maximum atomic E-state index is 4.60. The van der Waals surface area contributed by atoms with Crippen LogP contribution in [-0.4, -0.2) is 26.4 Å². The van der Waals surface area contributed by atoms with Crippen molar-refractivity contribution in [2.75, 3.05) is 7.05 Å². The van der Waals surface area contributed by atoms with Gasteiger partial charge in [0.1, 0.15) is 5.82 Å². The maximum Gasteiger partial charge on any atom is 0.123 e. The lowest BCUT2D eigenvalue weighted by Crippen LogP contribution is -2.13. The topological polar surface area (TPSA) is 47.7 Å². The molecular weight excluding hydrogens is 226 g/mol. The number of rotatable bonds is 6. The van der Waals surface area contributed by atoms with Gasteiger partial charge in [0.15, 0.2) is 0 Å². The van der Waals surface area contributed by atoms with Crippen LogP contribution in [-0.2, 0) is 13.1 Å². The van der Waals surface area contributed by atoms with E-state index >= 15 is 0 Å². The Hall–Kier alpha value is -1.62. The lowest BCUT2D eigenvalue weighted by Gasteiger charge is -2.09. The molecule has 0 spiro atoms. The minimum atomic E-state index is 0.457. The zero-order valence-corrected chi connectivity index (χ0v) is 11.3. The van der Waals surface area contributed by atoms with Gasteiger partial charge < -0.3 is 9.88 Å². The molecule has 18 heavy (non-hydrogen) atoms. The summed E-state index contributed by atoms with van der Waals surface area (Å²) in [5, 5.41) is 7.72. The molecule has 0 saturated heterocycles. The van der Waals surface area contributed by atoms with Gasteiger partial charge in [-0.1, -0.05) is 6.92 Å². The lowest BCUT2D eigenvalue weighted by molar-refractivity contribution is 0.471. The van der Waals surface area contributed by atoms with E-state index in [1.54, 1.807) is 0 Å². The quantitative estimate of drug-likeness (QED) is 0.847. The first kappa shape index (κ1) is 12.8. The van der Waals surface area contributed by atoms with Crippen molar-refractivity contribution in [1.29, 1.82) is 0 Å². The largest absolute Gasteiger partial charge is 0.328 e. The van der Waals surface area contributed by atoms with Crippen molar-refractivity contribution in [3.63, 3.8) is 0 Å². The predicted molar refractivity (Wildman–Crippen MR) is 71.3 cm³/mol. The van der Waals surface area contributed by atoms with Crippen molar-refractivity contribution < 1.29 is 0 Å². The third kappa shape index (κ3) is 2.79. The number of hydrogen-bond acceptors (Lipinski definition) is 3. The van der Waals surface area contributed by atoms with Gasteiger partial charge in [0.2, 0.25) is 0 Å². The third-order valence-electron chi connectivity index (χ3n) is 3.17. The van der Waals surface area contributed by atoms with E-state index in [4.69, 9.17) is 0 Å². The van der Waals surface area contributed by atoms with Crippen molar-refractivity contribution in [3.8, 4) is 0 Å². The Morgan fingerprint density at radius 2 is 2.22 bits per heavy atom. The lowest BCUT2D eigenvalue weighted by atomic mass is 10.3. The Morgan fingerprint density at radius 3 is 2.94 bits per heavy atom. The molecule has 0 bridgehead atoms. The molecule has 2 heterocycles. The SMILES string of the molecule is CCC(C)n1ccc(Cn2ccnc2CNC)n1. The second-order valence-corrected chi connectivity index (χ2v) is 4.55. The molecule has 1 unspecified atom stereocenters. The van der Waals surface area contributed by atoms with E-state index in [1.807, 2.05) is 24.1 Å². The molecular formula is C13H21N5. The maximum absolute atomic E-state index is 4.60. The van der Waals surface area contributed by atoms with Gasteiger partial charge in [-0.15, -0.1) is 0 Å². The summed E-state index contributed by atoms with van der Waals surface area (Å²) in [4.78, 5) is 4.33. The summed E-state index contributed by atoms with van der Waals surface area (Å²) in [6, 6.07) is 2.54. The fourth-order valence-electron chi connectivity index (χ4n) is 1.88. The van der Waals surface area contributed by atoms with Crippen LogP contribution >= 0.6 is 0 Å². The third-order valence-corrected chi connectivity index (χ3v) is 3.17. The van der Waals surface area contributed by atoms with Crippen LogP contribution in [0.3, 0.4) is 0 Å². The minimum absolute atomic E-state index is 0.457. The smallest absolute Gasteiger partial charge is 0.123 e. The Bertz CT molecular complexity index is 485. The second kappa shape index (κ2) is 5.82. The Kier molecular flexibility index (Phi) is 4.15. The van der Waals surface area contributed by atoms with Crippen LogP contribution in [0.1, 0.15) is 37.8 Å². The highest BCUT2D eigenvalue weighted by molar-refractivity contribution is 5.03. The molecule has 2 aromatic rings. The first-order valence-electron chi connectivity index (χ1n) is 6.43. The first-order chi connectivity index (χ1) is 8.74. The normalized spacial score (nSPS) is 12.8. The van der Waals surface area contributed by atoms with Crippen LogP contribution < -0.4 is 5.32 Å². The van der Waals surface area contributed by atoms with Crippen molar-refractivity contribution in [2.45, 2.75) is 39.4 Å². The van der Waals surface area contributed by atoms with Crippen molar-refractivity contribution in [2.24, 2.45) is 0 Å². The van der Waals surface area contributed by atoms with E-state index in [9.17, 15) is 0 Å². The van der Waals surface area contributed by atoms with Gasteiger partial charge in [0.25, 0.3) is 0 Å². The van der Waals surface area contributed by atoms with E-state index in [0.29, 0.717) is 6.04 Å². The van der Waals surface area contributed by atoms with Gasteiger partial charge in [-0.25, -0.2) is 4.98 Å². The zero-order valence-electron chi connectivity index (χ0n) is 11.3. The molecule has 0 aliphatic rings. The van der Waals surface area contributed by atoms with Crippen LogP contribution in [0.2, 0.25) is 0 Å². The monoisotopic (exact) mass is 247 g/mol. The van der Waals surface area contributed by atoms with Crippen LogP contribution in [0.5, 0.6) is 0 Å². The zero-order chi connectivity index (χ0) is 13.0.